The topological polar surface area (TPSA) is 38.3 Å². The highest BCUT2D eigenvalue weighted by Gasteiger charge is 2.16. The fourth-order valence-corrected chi connectivity index (χ4v) is 2.00. The first-order chi connectivity index (χ1) is 7.47. The molecule has 0 aromatic rings. The van der Waals surface area contributed by atoms with Crippen molar-refractivity contribution in [3.8, 4) is 0 Å². The molecule has 1 saturated carbocycles. The molecule has 0 aromatic carbocycles. The van der Waals surface area contributed by atoms with Gasteiger partial charge in [0.1, 0.15) is 0 Å². The van der Waals surface area contributed by atoms with Gasteiger partial charge in [0.15, 0.2) is 0 Å². The number of hydrogen-bond donors (Lipinski definition) is 1. The number of hydrogen-bond acceptors (Lipinski definition) is 2. The van der Waals surface area contributed by atoms with Crippen molar-refractivity contribution < 1.29 is 9.53 Å². The summed E-state index contributed by atoms with van der Waals surface area (Å²) in [5, 5.41) is 3.09. The van der Waals surface area contributed by atoms with Gasteiger partial charge in [-0.15, -0.1) is 0 Å². The van der Waals surface area contributed by atoms with Crippen molar-refractivity contribution in [3.63, 3.8) is 0 Å². The summed E-state index contributed by atoms with van der Waals surface area (Å²) in [5.74, 6) is 0.135. The smallest absolute Gasteiger partial charge is 0.222 e. The Balaban J connectivity index is 2.10. The first-order valence-corrected chi connectivity index (χ1v) is 6.41. The van der Waals surface area contributed by atoms with E-state index in [2.05, 4.69) is 5.32 Å². The molecule has 0 aromatic heterocycles. The van der Waals surface area contributed by atoms with Crippen LogP contribution in [0, 0.1) is 0 Å². The number of carbonyl (C=O) groups is 1. The molecule has 0 radical (unpaired) electrons. The van der Waals surface area contributed by atoms with E-state index in [-0.39, 0.29) is 11.5 Å². The van der Waals surface area contributed by atoms with Crippen molar-refractivity contribution in [3.05, 3.63) is 0 Å². The predicted molar refractivity (Wildman–Crippen MR) is 65.3 cm³/mol. The Kier molecular flexibility index (Phi) is 5.26. The van der Waals surface area contributed by atoms with Crippen molar-refractivity contribution in [2.75, 3.05) is 6.61 Å². The highest BCUT2D eigenvalue weighted by atomic mass is 16.5. The van der Waals surface area contributed by atoms with Crippen LogP contribution in [0.3, 0.4) is 0 Å². The number of ether oxygens (including phenoxy) is 1. The van der Waals surface area contributed by atoms with Crippen molar-refractivity contribution >= 4 is 5.91 Å². The Hall–Kier alpha value is -0.570. The van der Waals surface area contributed by atoms with Gasteiger partial charge in [-0.2, -0.15) is 0 Å². The number of rotatable bonds is 4. The summed E-state index contributed by atoms with van der Waals surface area (Å²) < 4.78 is 5.53. The molecular weight excluding hydrogens is 202 g/mol. The molecule has 0 saturated heterocycles. The van der Waals surface area contributed by atoms with E-state index >= 15 is 0 Å². The third kappa shape index (κ3) is 6.11. The van der Waals surface area contributed by atoms with E-state index in [9.17, 15) is 4.79 Å². The van der Waals surface area contributed by atoms with Crippen LogP contribution in [0.15, 0.2) is 0 Å². The van der Waals surface area contributed by atoms with Gasteiger partial charge in [-0.3, -0.25) is 4.79 Å². The van der Waals surface area contributed by atoms with Gasteiger partial charge in [0.05, 0.1) is 12.2 Å². The Morgan fingerprint density at radius 3 is 2.44 bits per heavy atom. The first-order valence-electron chi connectivity index (χ1n) is 6.41. The molecule has 1 aliphatic rings. The maximum absolute atomic E-state index is 11.6. The molecule has 1 N–H and O–H groups in total. The molecular formula is C13H25NO2. The van der Waals surface area contributed by atoms with Crippen LogP contribution in [0.4, 0.5) is 0 Å². The molecule has 1 rings (SSSR count). The monoisotopic (exact) mass is 227 g/mol. The van der Waals surface area contributed by atoms with Gasteiger partial charge in [0.25, 0.3) is 0 Å². The summed E-state index contributed by atoms with van der Waals surface area (Å²) in [5.41, 5.74) is -0.148. The number of nitrogens with one attached hydrogen (secondary N) is 1. The highest BCUT2D eigenvalue weighted by molar-refractivity contribution is 5.76. The molecule has 0 bridgehead atoms. The third-order valence-electron chi connectivity index (χ3n) is 2.83. The van der Waals surface area contributed by atoms with Crippen LogP contribution in [-0.4, -0.2) is 24.2 Å². The minimum Gasteiger partial charge on any atom is -0.375 e. The van der Waals surface area contributed by atoms with E-state index in [4.69, 9.17) is 4.74 Å². The van der Waals surface area contributed by atoms with E-state index < -0.39 is 0 Å². The Bertz CT molecular complexity index is 214. The summed E-state index contributed by atoms with van der Waals surface area (Å²) in [6, 6.07) is 0.413. The lowest BCUT2D eigenvalue weighted by atomic mass is 9.95. The molecule has 1 fully saturated rings. The highest BCUT2D eigenvalue weighted by Crippen LogP contribution is 2.17. The van der Waals surface area contributed by atoms with Crippen molar-refractivity contribution in [1.82, 2.24) is 5.32 Å². The summed E-state index contributed by atoms with van der Waals surface area (Å²) in [4.78, 5) is 11.6. The largest absolute Gasteiger partial charge is 0.375 e. The second kappa shape index (κ2) is 6.24. The SMILES string of the molecule is CC(C)(C)OCCC(=O)NC1CCCCC1. The Labute approximate surface area is 98.9 Å². The lowest BCUT2D eigenvalue weighted by Gasteiger charge is -2.23. The van der Waals surface area contributed by atoms with Crippen molar-refractivity contribution in [1.29, 1.82) is 0 Å². The molecule has 3 heteroatoms. The second-order valence-corrected chi connectivity index (χ2v) is 5.61. The average Bonchev–Trinajstić information content (AvgIpc) is 2.17. The fraction of sp³-hybridized carbons (Fsp3) is 0.923. The Morgan fingerprint density at radius 2 is 1.88 bits per heavy atom. The van der Waals surface area contributed by atoms with Crippen LogP contribution in [0.25, 0.3) is 0 Å². The lowest BCUT2D eigenvalue weighted by Crippen LogP contribution is -2.37. The third-order valence-corrected chi connectivity index (χ3v) is 2.83. The van der Waals surface area contributed by atoms with Gasteiger partial charge < -0.3 is 10.1 Å². The van der Waals surface area contributed by atoms with E-state index in [1.807, 2.05) is 20.8 Å². The molecule has 3 nitrogen and oxygen atoms in total. The van der Waals surface area contributed by atoms with E-state index in [1.54, 1.807) is 0 Å². The Morgan fingerprint density at radius 1 is 1.25 bits per heavy atom. The van der Waals surface area contributed by atoms with Crippen LogP contribution in [0.2, 0.25) is 0 Å². The van der Waals surface area contributed by atoms with E-state index in [0.29, 0.717) is 19.1 Å². The van der Waals surface area contributed by atoms with Crippen LogP contribution >= 0.6 is 0 Å². The molecule has 0 unspecified atom stereocenters. The zero-order chi connectivity index (χ0) is 12.0. The molecule has 1 aliphatic carbocycles. The zero-order valence-corrected chi connectivity index (χ0v) is 10.8. The maximum atomic E-state index is 11.6. The van der Waals surface area contributed by atoms with Crippen LogP contribution in [0.5, 0.6) is 0 Å². The molecule has 16 heavy (non-hydrogen) atoms. The maximum Gasteiger partial charge on any atom is 0.222 e. The van der Waals surface area contributed by atoms with Gasteiger partial charge in [-0.25, -0.2) is 0 Å². The number of amides is 1. The standard InChI is InChI=1S/C13H25NO2/c1-13(2,3)16-10-9-12(15)14-11-7-5-4-6-8-11/h11H,4-10H2,1-3H3,(H,14,15). The summed E-state index contributed by atoms with van der Waals surface area (Å²) in [7, 11) is 0. The van der Waals surface area contributed by atoms with Crippen molar-refractivity contribution in [2.24, 2.45) is 0 Å². The van der Waals surface area contributed by atoms with Crippen LogP contribution in [-0.2, 0) is 9.53 Å². The summed E-state index contributed by atoms with van der Waals surface area (Å²) >= 11 is 0. The predicted octanol–water partition coefficient (Wildman–Crippen LogP) is 2.64. The molecule has 94 valence electrons. The number of carbonyl (C=O) groups excluding carboxylic acids is 1. The van der Waals surface area contributed by atoms with Gasteiger partial charge in [0, 0.05) is 12.5 Å². The van der Waals surface area contributed by atoms with Crippen molar-refractivity contribution in [2.45, 2.75) is 70.9 Å². The average molecular weight is 227 g/mol. The lowest BCUT2D eigenvalue weighted by molar-refractivity contribution is -0.124. The summed E-state index contributed by atoms with van der Waals surface area (Å²) in [6.07, 6.45) is 6.60. The van der Waals surface area contributed by atoms with Gasteiger partial charge in [-0.1, -0.05) is 19.3 Å². The van der Waals surface area contributed by atoms with Crippen LogP contribution < -0.4 is 5.32 Å². The quantitative estimate of drug-likeness (QED) is 0.802. The molecule has 0 spiro atoms. The fourth-order valence-electron chi connectivity index (χ4n) is 2.00. The normalized spacial score (nSPS) is 18.4. The molecule has 0 aliphatic heterocycles. The van der Waals surface area contributed by atoms with E-state index in [0.717, 1.165) is 12.8 Å². The first kappa shape index (κ1) is 13.5. The minimum atomic E-state index is -0.148. The van der Waals surface area contributed by atoms with E-state index in [1.165, 1.54) is 19.3 Å². The van der Waals surface area contributed by atoms with Gasteiger partial charge >= 0.3 is 0 Å². The minimum absolute atomic E-state index is 0.135. The van der Waals surface area contributed by atoms with Crippen LogP contribution in [0.1, 0.15) is 59.3 Å². The van der Waals surface area contributed by atoms with Gasteiger partial charge in [-0.05, 0) is 33.6 Å². The van der Waals surface area contributed by atoms with Gasteiger partial charge in [0.2, 0.25) is 5.91 Å². The molecule has 0 heterocycles. The molecule has 0 atom stereocenters. The second-order valence-electron chi connectivity index (χ2n) is 5.61. The molecule has 1 amide bonds. The zero-order valence-electron chi connectivity index (χ0n) is 10.8. The summed E-state index contributed by atoms with van der Waals surface area (Å²) in [6.45, 7) is 6.53.